The summed E-state index contributed by atoms with van der Waals surface area (Å²) in [7, 11) is 0. The van der Waals surface area contributed by atoms with Gasteiger partial charge < -0.3 is 14.7 Å². The van der Waals surface area contributed by atoms with Gasteiger partial charge in [-0.05, 0) is 19.1 Å². The van der Waals surface area contributed by atoms with Gasteiger partial charge in [-0.3, -0.25) is 0 Å². The molecule has 5 nitrogen and oxygen atoms in total. The third kappa shape index (κ3) is 2.87. The number of esters is 1. The SMILES string of the molecule is C[C@H](OC(=O)c1ccccc1)[C@@H](O)C1=NOCC1. The Hall–Kier alpha value is -1.88. The number of hydrogen-bond donors (Lipinski definition) is 1. The number of rotatable bonds is 4. The van der Waals surface area contributed by atoms with Crippen molar-refractivity contribution in [2.24, 2.45) is 5.16 Å². The highest BCUT2D eigenvalue weighted by Gasteiger charge is 2.26. The van der Waals surface area contributed by atoms with Crippen molar-refractivity contribution in [1.82, 2.24) is 0 Å². The molecule has 1 heterocycles. The topological polar surface area (TPSA) is 68.1 Å². The molecule has 0 aromatic heterocycles. The number of carbonyl (C=O) groups excluding carboxylic acids is 1. The summed E-state index contributed by atoms with van der Waals surface area (Å²) in [6, 6.07) is 8.66. The van der Waals surface area contributed by atoms with E-state index in [2.05, 4.69) is 5.16 Å². The average Bonchev–Trinajstić information content (AvgIpc) is 2.92. The zero-order valence-electron chi connectivity index (χ0n) is 10.1. The first-order valence-electron chi connectivity index (χ1n) is 5.81. The van der Waals surface area contributed by atoms with E-state index in [1.54, 1.807) is 31.2 Å². The Balaban J connectivity index is 1.95. The number of benzene rings is 1. The maximum Gasteiger partial charge on any atom is 0.338 e. The molecule has 1 aliphatic heterocycles. The summed E-state index contributed by atoms with van der Waals surface area (Å²) in [6.45, 7) is 2.10. The van der Waals surface area contributed by atoms with Crippen LogP contribution in [0.2, 0.25) is 0 Å². The second-order valence-electron chi connectivity index (χ2n) is 4.09. The zero-order chi connectivity index (χ0) is 13.0. The molecule has 18 heavy (non-hydrogen) atoms. The molecule has 0 spiro atoms. The number of ether oxygens (including phenoxy) is 1. The molecule has 0 bridgehead atoms. The van der Waals surface area contributed by atoms with Gasteiger partial charge in [-0.2, -0.15) is 0 Å². The minimum absolute atomic E-state index is 0.457. The highest BCUT2D eigenvalue weighted by Crippen LogP contribution is 2.12. The summed E-state index contributed by atoms with van der Waals surface area (Å²) in [5, 5.41) is 13.6. The van der Waals surface area contributed by atoms with E-state index in [1.165, 1.54) is 0 Å². The lowest BCUT2D eigenvalue weighted by molar-refractivity contribution is 0.00749. The third-order valence-corrected chi connectivity index (χ3v) is 2.72. The largest absolute Gasteiger partial charge is 0.456 e. The van der Waals surface area contributed by atoms with Gasteiger partial charge in [-0.25, -0.2) is 4.79 Å². The molecular weight excluding hydrogens is 234 g/mol. The molecule has 1 aliphatic rings. The molecular formula is C13H15NO4. The minimum Gasteiger partial charge on any atom is -0.456 e. The van der Waals surface area contributed by atoms with E-state index >= 15 is 0 Å². The zero-order valence-corrected chi connectivity index (χ0v) is 10.1. The fourth-order valence-corrected chi connectivity index (χ4v) is 1.67. The van der Waals surface area contributed by atoms with Crippen molar-refractivity contribution in [3.63, 3.8) is 0 Å². The second kappa shape index (κ2) is 5.64. The van der Waals surface area contributed by atoms with Crippen LogP contribution in [-0.4, -0.2) is 35.6 Å². The average molecular weight is 249 g/mol. The summed E-state index contributed by atoms with van der Waals surface area (Å²) in [4.78, 5) is 16.6. The second-order valence-corrected chi connectivity index (χ2v) is 4.09. The number of aliphatic hydroxyl groups is 1. The Kier molecular flexibility index (Phi) is 3.94. The molecule has 1 aromatic carbocycles. The normalized spacial score (nSPS) is 17.6. The summed E-state index contributed by atoms with van der Waals surface area (Å²) < 4.78 is 5.19. The quantitative estimate of drug-likeness (QED) is 0.818. The lowest BCUT2D eigenvalue weighted by Gasteiger charge is -2.18. The smallest absolute Gasteiger partial charge is 0.338 e. The molecule has 1 N–H and O–H groups in total. The molecule has 0 fully saturated rings. The molecule has 1 aromatic rings. The van der Waals surface area contributed by atoms with Gasteiger partial charge in [0.15, 0.2) is 0 Å². The number of oxime groups is 1. The van der Waals surface area contributed by atoms with Crippen LogP contribution in [0.4, 0.5) is 0 Å². The molecule has 96 valence electrons. The predicted octanol–water partition coefficient (Wildman–Crippen LogP) is 1.37. The van der Waals surface area contributed by atoms with Crippen molar-refractivity contribution in [2.45, 2.75) is 25.6 Å². The summed E-state index contributed by atoms with van der Waals surface area (Å²) in [6.07, 6.45) is -1.01. The van der Waals surface area contributed by atoms with E-state index in [4.69, 9.17) is 9.57 Å². The number of hydrogen-bond acceptors (Lipinski definition) is 5. The first kappa shape index (κ1) is 12.6. The standard InChI is InChI=1S/C13H15NO4/c1-9(12(15)11-7-8-17-14-11)18-13(16)10-5-3-2-4-6-10/h2-6,9,12,15H,7-8H2,1H3/t9-,12+/m0/s1. The number of nitrogens with zero attached hydrogens (tertiary/aromatic N) is 1. The van der Waals surface area contributed by atoms with Crippen molar-refractivity contribution in [3.05, 3.63) is 35.9 Å². The van der Waals surface area contributed by atoms with Crippen LogP contribution >= 0.6 is 0 Å². The van der Waals surface area contributed by atoms with Crippen molar-refractivity contribution in [2.75, 3.05) is 6.61 Å². The predicted molar refractivity (Wildman–Crippen MR) is 65.3 cm³/mol. The van der Waals surface area contributed by atoms with E-state index < -0.39 is 18.2 Å². The van der Waals surface area contributed by atoms with E-state index in [-0.39, 0.29) is 0 Å². The molecule has 2 atom stereocenters. The van der Waals surface area contributed by atoms with E-state index in [9.17, 15) is 9.90 Å². The molecule has 0 saturated carbocycles. The van der Waals surface area contributed by atoms with Crippen LogP contribution in [-0.2, 0) is 9.57 Å². The van der Waals surface area contributed by atoms with Gasteiger partial charge in [0.25, 0.3) is 0 Å². The van der Waals surface area contributed by atoms with Gasteiger partial charge in [0.2, 0.25) is 0 Å². The van der Waals surface area contributed by atoms with Crippen LogP contribution in [0.15, 0.2) is 35.5 Å². The van der Waals surface area contributed by atoms with Crippen molar-refractivity contribution in [1.29, 1.82) is 0 Å². The Bertz CT molecular complexity index is 444. The van der Waals surface area contributed by atoms with Gasteiger partial charge in [-0.1, -0.05) is 23.4 Å². The van der Waals surface area contributed by atoms with Crippen molar-refractivity contribution >= 4 is 11.7 Å². The fraction of sp³-hybridized carbons (Fsp3) is 0.385. The lowest BCUT2D eigenvalue weighted by atomic mass is 10.1. The summed E-state index contributed by atoms with van der Waals surface area (Å²) in [5.74, 6) is -0.457. The van der Waals surface area contributed by atoms with Crippen LogP contribution in [0.3, 0.4) is 0 Å². The van der Waals surface area contributed by atoms with Crippen molar-refractivity contribution < 1.29 is 19.5 Å². The molecule has 0 unspecified atom stereocenters. The summed E-state index contributed by atoms with van der Waals surface area (Å²) >= 11 is 0. The van der Waals surface area contributed by atoms with Crippen LogP contribution in [0.1, 0.15) is 23.7 Å². The third-order valence-electron chi connectivity index (χ3n) is 2.72. The molecule has 0 radical (unpaired) electrons. The first-order chi connectivity index (χ1) is 8.68. The van der Waals surface area contributed by atoms with E-state index in [0.717, 1.165) is 0 Å². The monoisotopic (exact) mass is 249 g/mol. The first-order valence-corrected chi connectivity index (χ1v) is 5.81. The van der Waals surface area contributed by atoms with Gasteiger partial charge in [0, 0.05) is 6.42 Å². The van der Waals surface area contributed by atoms with Crippen molar-refractivity contribution in [3.8, 4) is 0 Å². The fourth-order valence-electron chi connectivity index (χ4n) is 1.67. The van der Waals surface area contributed by atoms with Gasteiger partial charge >= 0.3 is 5.97 Å². The highest BCUT2D eigenvalue weighted by atomic mass is 16.6. The molecule has 2 rings (SSSR count). The Morgan fingerprint density at radius 2 is 2.17 bits per heavy atom. The number of aliphatic hydroxyl groups excluding tert-OH is 1. The lowest BCUT2D eigenvalue weighted by Crippen LogP contribution is -2.34. The summed E-state index contributed by atoms with van der Waals surface area (Å²) in [5.41, 5.74) is 0.976. The van der Waals surface area contributed by atoms with Crippen LogP contribution in [0, 0.1) is 0 Å². The van der Waals surface area contributed by atoms with E-state index in [0.29, 0.717) is 24.3 Å². The molecule has 0 saturated heterocycles. The Morgan fingerprint density at radius 3 is 2.78 bits per heavy atom. The Morgan fingerprint density at radius 1 is 1.44 bits per heavy atom. The minimum atomic E-state index is -0.917. The van der Waals surface area contributed by atoms with Crippen LogP contribution in [0.25, 0.3) is 0 Å². The van der Waals surface area contributed by atoms with Crippen LogP contribution in [0.5, 0.6) is 0 Å². The number of carbonyl (C=O) groups is 1. The highest BCUT2D eigenvalue weighted by molar-refractivity contribution is 5.91. The molecule has 0 amide bonds. The van der Waals surface area contributed by atoms with Gasteiger partial charge in [-0.15, -0.1) is 0 Å². The molecule has 0 aliphatic carbocycles. The maximum absolute atomic E-state index is 11.8. The van der Waals surface area contributed by atoms with Crippen LogP contribution < -0.4 is 0 Å². The van der Waals surface area contributed by atoms with E-state index in [1.807, 2.05) is 6.07 Å². The molecule has 5 heteroatoms. The van der Waals surface area contributed by atoms with Gasteiger partial charge in [0.05, 0.1) is 11.3 Å². The van der Waals surface area contributed by atoms with Gasteiger partial charge in [0.1, 0.15) is 18.8 Å². The Labute approximate surface area is 105 Å². The maximum atomic E-state index is 11.8.